The molecule has 0 saturated heterocycles. The number of phosphoric acid groups is 1. The third-order valence-electron chi connectivity index (χ3n) is 8.92. The molecule has 3 N–H and O–H groups in total. The number of allylic oxidation sites excluding steroid dienone is 3. The number of phosphoric ester groups is 1. The molecule has 0 aromatic rings. The fraction of sp³-hybridized carbons (Fsp3) is 0.875. The lowest BCUT2D eigenvalue weighted by molar-refractivity contribution is -0.870. The zero-order chi connectivity index (χ0) is 36.5. The predicted molar refractivity (Wildman–Crippen MR) is 208 cm³/mol. The van der Waals surface area contributed by atoms with Gasteiger partial charge in [-0.2, -0.15) is 0 Å². The summed E-state index contributed by atoms with van der Waals surface area (Å²) in [5.74, 6) is -0.185. The van der Waals surface area contributed by atoms with E-state index in [2.05, 4.69) is 31.3 Å². The molecule has 0 aromatic heterocycles. The maximum absolute atomic E-state index is 12.8. The molecule has 0 rings (SSSR count). The number of aliphatic hydroxyl groups is 1. The van der Waals surface area contributed by atoms with Crippen LogP contribution in [0.25, 0.3) is 0 Å². The zero-order valence-electron chi connectivity index (χ0n) is 32.7. The Morgan fingerprint density at radius 2 is 1.10 bits per heavy atom. The highest BCUT2D eigenvalue weighted by molar-refractivity contribution is 7.47. The first-order valence-corrected chi connectivity index (χ1v) is 21.7. The number of nitrogens with one attached hydrogen (secondary N) is 1. The molecule has 0 radical (unpaired) electrons. The monoisotopic (exact) mass is 716 g/mol. The maximum Gasteiger partial charge on any atom is 0.472 e. The number of quaternary nitrogens is 1. The van der Waals surface area contributed by atoms with Crippen LogP contribution in [-0.2, 0) is 18.4 Å². The number of unbranched alkanes of at least 4 members (excludes halogenated alkanes) is 21. The zero-order valence-corrected chi connectivity index (χ0v) is 33.6. The van der Waals surface area contributed by atoms with Crippen molar-refractivity contribution in [1.29, 1.82) is 0 Å². The maximum atomic E-state index is 12.8. The Bertz CT molecular complexity index is 860. The Morgan fingerprint density at radius 3 is 1.57 bits per heavy atom. The van der Waals surface area contributed by atoms with Crippen LogP contribution < -0.4 is 5.32 Å². The van der Waals surface area contributed by atoms with Gasteiger partial charge in [0.25, 0.3) is 0 Å². The van der Waals surface area contributed by atoms with Crippen LogP contribution in [0, 0.1) is 0 Å². The van der Waals surface area contributed by atoms with E-state index < -0.39 is 20.0 Å². The van der Waals surface area contributed by atoms with E-state index in [1.807, 2.05) is 27.2 Å². The first-order valence-electron chi connectivity index (χ1n) is 20.2. The number of hydrogen-bond donors (Lipinski definition) is 3. The minimum absolute atomic E-state index is 0.0612. The van der Waals surface area contributed by atoms with Gasteiger partial charge in [-0.3, -0.25) is 13.8 Å². The highest BCUT2D eigenvalue weighted by Crippen LogP contribution is 2.43. The molecule has 1 amide bonds. The molecule has 0 heterocycles. The lowest BCUT2D eigenvalue weighted by Crippen LogP contribution is -2.45. The Balaban J connectivity index is 4.43. The van der Waals surface area contributed by atoms with Crippen LogP contribution in [0.2, 0.25) is 0 Å². The van der Waals surface area contributed by atoms with E-state index in [1.165, 1.54) is 116 Å². The Hall–Kier alpha value is -1.02. The van der Waals surface area contributed by atoms with Crippen molar-refractivity contribution in [3.8, 4) is 0 Å². The molecule has 8 nitrogen and oxygen atoms in total. The number of amides is 1. The van der Waals surface area contributed by atoms with Gasteiger partial charge in [0, 0.05) is 6.42 Å². The standard InChI is InChI=1S/C40H79N2O6P/c1-6-8-10-12-14-16-18-19-20-21-22-23-24-26-28-30-32-34-40(44)41-38(37-48-49(45,46)47-36-35-42(3,4)5)39(43)33-31-29-27-25-17-15-13-11-9-7-2/h19-20,31,33,38-39,43H,6-18,21-30,32,34-37H2,1-5H3,(H-,41,44,45,46)/p+1/b20-19-,33-31+. The second-order valence-electron chi connectivity index (χ2n) is 15.0. The van der Waals surface area contributed by atoms with Crippen LogP contribution in [0.3, 0.4) is 0 Å². The molecule has 0 aliphatic rings. The van der Waals surface area contributed by atoms with E-state index in [1.54, 1.807) is 6.08 Å². The summed E-state index contributed by atoms with van der Waals surface area (Å²) in [7, 11) is 1.57. The van der Waals surface area contributed by atoms with Crippen molar-refractivity contribution >= 4 is 13.7 Å². The summed E-state index contributed by atoms with van der Waals surface area (Å²) in [5, 5.41) is 13.7. The highest BCUT2D eigenvalue weighted by atomic mass is 31.2. The van der Waals surface area contributed by atoms with Gasteiger partial charge in [-0.05, 0) is 44.9 Å². The summed E-state index contributed by atoms with van der Waals surface area (Å²) in [6.07, 6.45) is 36.7. The normalized spacial score (nSPS) is 14.8. The van der Waals surface area contributed by atoms with Crippen LogP contribution in [0.15, 0.2) is 24.3 Å². The number of carbonyl (C=O) groups excluding carboxylic acids is 1. The fourth-order valence-corrected chi connectivity index (χ4v) is 6.36. The second-order valence-corrected chi connectivity index (χ2v) is 16.5. The summed E-state index contributed by atoms with van der Waals surface area (Å²) in [4.78, 5) is 23.0. The van der Waals surface area contributed by atoms with Gasteiger partial charge in [0.1, 0.15) is 13.2 Å². The minimum Gasteiger partial charge on any atom is -0.387 e. The first-order chi connectivity index (χ1) is 23.5. The predicted octanol–water partition coefficient (Wildman–Crippen LogP) is 10.6. The molecule has 0 spiro atoms. The second kappa shape index (κ2) is 32.9. The molecule has 3 atom stereocenters. The molecular formula is C40H80N2O6P+. The van der Waals surface area contributed by atoms with E-state index >= 15 is 0 Å². The highest BCUT2D eigenvalue weighted by Gasteiger charge is 2.27. The molecule has 290 valence electrons. The molecule has 49 heavy (non-hydrogen) atoms. The van der Waals surface area contributed by atoms with Crippen molar-refractivity contribution in [2.24, 2.45) is 0 Å². The van der Waals surface area contributed by atoms with Crippen LogP contribution in [-0.4, -0.2) is 73.4 Å². The topological polar surface area (TPSA) is 105 Å². The summed E-state index contributed by atoms with van der Waals surface area (Å²) in [6, 6.07) is -0.843. The summed E-state index contributed by atoms with van der Waals surface area (Å²) >= 11 is 0. The van der Waals surface area contributed by atoms with Crippen molar-refractivity contribution in [1.82, 2.24) is 5.32 Å². The van der Waals surface area contributed by atoms with Crippen molar-refractivity contribution in [2.45, 2.75) is 187 Å². The first kappa shape index (κ1) is 48.0. The average molecular weight is 716 g/mol. The number of aliphatic hydroxyl groups excluding tert-OH is 1. The summed E-state index contributed by atoms with van der Waals surface area (Å²) in [5.41, 5.74) is 0. The van der Waals surface area contributed by atoms with E-state index in [0.717, 1.165) is 38.5 Å². The molecule has 3 unspecified atom stereocenters. The van der Waals surface area contributed by atoms with Gasteiger partial charge in [0.15, 0.2) is 0 Å². The van der Waals surface area contributed by atoms with Gasteiger partial charge in [-0.1, -0.05) is 147 Å². The minimum atomic E-state index is -4.33. The smallest absolute Gasteiger partial charge is 0.387 e. The lowest BCUT2D eigenvalue weighted by atomic mass is 10.1. The molecule has 0 aliphatic heterocycles. The van der Waals surface area contributed by atoms with Gasteiger partial charge in [-0.25, -0.2) is 4.57 Å². The van der Waals surface area contributed by atoms with Crippen LogP contribution in [0.5, 0.6) is 0 Å². The van der Waals surface area contributed by atoms with E-state index in [9.17, 15) is 19.4 Å². The van der Waals surface area contributed by atoms with Crippen LogP contribution in [0.4, 0.5) is 0 Å². The van der Waals surface area contributed by atoms with Crippen molar-refractivity contribution in [2.75, 3.05) is 40.9 Å². The molecule has 9 heteroatoms. The molecule has 0 bridgehead atoms. The van der Waals surface area contributed by atoms with E-state index in [4.69, 9.17) is 9.05 Å². The summed E-state index contributed by atoms with van der Waals surface area (Å²) < 4.78 is 23.4. The third-order valence-corrected chi connectivity index (χ3v) is 9.90. The fourth-order valence-electron chi connectivity index (χ4n) is 5.62. The van der Waals surface area contributed by atoms with E-state index in [0.29, 0.717) is 17.4 Å². The summed E-state index contributed by atoms with van der Waals surface area (Å²) in [6.45, 7) is 4.77. The Morgan fingerprint density at radius 1 is 0.673 bits per heavy atom. The van der Waals surface area contributed by atoms with Gasteiger partial charge < -0.3 is 19.8 Å². The van der Waals surface area contributed by atoms with Crippen molar-refractivity contribution < 1.29 is 32.9 Å². The number of nitrogens with zero attached hydrogens (tertiary/aromatic N) is 1. The van der Waals surface area contributed by atoms with Gasteiger partial charge in [-0.15, -0.1) is 0 Å². The number of rotatable bonds is 36. The molecule has 0 aliphatic carbocycles. The van der Waals surface area contributed by atoms with E-state index in [-0.39, 0.29) is 19.1 Å². The Kier molecular flexibility index (Phi) is 32.2. The number of hydrogen-bond acceptors (Lipinski definition) is 5. The molecule has 0 saturated carbocycles. The van der Waals surface area contributed by atoms with Crippen LogP contribution in [0.1, 0.15) is 174 Å². The lowest BCUT2D eigenvalue weighted by Gasteiger charge is -2.25. The molecule has 0 aromatic carbocycles. The average Bonchev–Trinajstić information content (AvgIpc) is 3.04. The third kappa shape index (κ3) is 35.2. The van der Waals surface area contributed by atoms with Crippen molar-refractivity contribution in [3.63, 3.8) is 0 Å². The van der Waals surface area contributed by atoms with Gasteiger partial charge in [0.05, 0.1) is 39.9 Å². The van der Waals surface area contributed by atoms with Crippen LogP contribution >= 0.6 is 7.82 Å². The van der Waals surface area contributed by atoms with Crippen molar-refractivity contribution in [3.05, 3.63) is 24.3 Å². The molecular weight excluding hydrogens is 635 g/mol. The molecule has 0 fully saturated rings. The number of carbonyl (C=O) groups is 1. The van der Waals surface area contributed by atoms with Gasteiger partial charge in [0.2, 0.25) is 5.91 Å². The SMILES string of the molecule is CCCCCCCC/C=C\CCCCCCCCCC(=O)NC(COP(=O)(O)OCC[N+](C)(C)C)C(O)/C=C/CCCCCCCCCC. The number of likely N-dealkylation sites (N-methyl/N-ethyl adjacent to an activating group) is 1. The quantitative estimate of drug-likeness (QED) is 0.0258. The largest absolute Gasteiger partial charge is 0.472 e. The Labute approximate surface area is 303 Å². The van der Waals surface area contributed by atoms with Gasteiger partial charge >= 0.3 is 7.82 Å².